The fourth-order valence-corrected chi connectivity index (χ4v) is 3.08. The number of halogens is 2. The molecule has 1 aromatic rings. The monoisotopic (exact) mass is 473 g/mol. The number of urea groups is 1. The van der Waals surface area contributed by atoms with E-state index in [1.165, 1.54) is 6.08 Å². The molecule has 0 radical (unpaired) electrons. The van der Waals surface area contributed by atoms with Crippen molar-refractivity contribution in [2.45, 2.75) is 6.92 Å². The van der Waals surface area contributed by atoms with E-state index in [1.807, 2.05) is 5.32 Å². The smallest absolute Gasteiger partial charge is 0.344 e. The molecule has 132 valence electrons. The molecule has 0 aliphatic rings. The van der Waals surface area contributed by atoms with Crippen molar-refractivity contribution in [1.82, 2.24) is 5.32 Å². The van der Waals surface area contributed by atoms with E-state index >= 15 is 0 Å². The van der Waals surface area contributed by atoms with Crippen molar-refractivity contribution in [3.8, 4) is 11.8 Å². The van der Waals surface area contributed by atoms with Gasteiger partial charge in [-0.25, -0.2) is 9.59 Å². The number of carbonyl (C=O) groups excluding carboxylic acids is 3. The lowest BCUT2D eigenvalue weighted by atomic mass is 10.1. The van der Waals surface area contributed by atoms with Crippen LogP contribution in [0.4, 0.5) is 4.79 Å². The number of amides is 3. The minimum Gasteiger partial charge on any atom is -0.480 e. The van der Waals surface area contributed by atoms with Gasteiger partial charge in [-0.2, -0.15) is 5.26 Å². The maximum atomic E-state index is 11.7. The van der Waals surface area contributed by atoms with E-state index in [9.17, 15) is 14.4 Å². The van der Waals surface area contributed by atoms with Crippen LogP contribution in [0.2, 0.25) is 0 Å². The number of hydrogen-bond donors (Lipinski definition) is 2. The number of esters is 1. The van der Waals surface area contributed by atoms with Crippen molar-refractivity contribution < 1.29 is 23.9 Å². The number of carbonyl (C=O) groups is 3. The first kappa shape index (κ1) is 20.7. The summed E-state index contributed by atoms with van der Waals surface area (Å²) in [5.74, 6) is -1.07. The molecule has 0 aliphatic heterocycles. The molecule has 0 bridgehead atoms. The van der Waals surface area contributed by atoms with Gasteiger partial charge in [0.05, 0.1) is 15.6 Å². The Balaban J connectivity index is 3.03. The number of nitrogens with one attached hydrogen (secondary N) is 1. The van der Waals surface area contributed by atoms with Gasteiger partial charge in [0, 0.05) is 0 Å². The molecule has 0 spiro atoms. The van der Waals surface area contributed by atoms with Gasteiger partial charge < -0.3 is 15.2 Å². The standard InChI is InChI=1S/C15H13Br2N3O5/c1-2-24-12(21)7-25-13-10(16)4-8(5-11(13)17)3-9(6-18)14(22)20-15(19)23/h3-5H,2,7H2,1H3,(H3,19,20,22,23)/b9-3-. The summed E-state index contributed by atoms with van der Waals surface area (Å²) in [6.45, 7) is 1.66. The SMILES string of the molecule is CCOC(=O)COc1c(Br)cc(/C=C(/C#N)C(=O)NC(N)=O)cc1Br. The average molecular weight is 475 g/mol. The van der Waals surface area contributed by atoms with Crippen LogP contribution >= 0.6 is 31.9 Å². The Morgan fingerprint density at radius 3 is 2.40 bits per heavy atom. The third-order valence-electron chi connectivity index (χ3n) is 2.57. The number of hydrogen-bond acceptors (Lipinski definition) is 6. The van der Waals surface area contributed by atoms with Crippen LogP contribution in [-0.2, 0) is 14.3 Å². The third kappa shape index (κ3) is 6.56. The molecule has 0 aromatic heterocycles. The van der Waals surface area contributed by atoms with E-state index in [-0.39, 0.29) is 18.8 Å². The molecule has 0 unspecified atom stereocenters. The molecule has 3 amide bonds. The van der Waals surface area contributed by atoms with Crippen molar-refractivity contribution >= 4 is 55.8 Å². The zero-order valence-corrected chi connectivity index (χ0v) is 16.1. The summed E-state index contributed by atoms with van der Waals surface area (Å²) in [4.78, 5) is 33.7. The molecule has 0 heterocycles. The van der Waals surface area contributed by atoms with Crippen LogP contribution in [0.5, 0.6) is 5.75 Å². The Labute approximate surface area is 160 Å². The van der Waals surface area contributed by atoms with E-state index in [0.717, 1.165) is 0 Å². The second kappa shape index (κ2) is 9.80. The first-order chi connectivity index (χ1) is 11.8. The summed E-state index contributed by atoms with van der Waals surface area (Å²) in [7, 11) is 0. The van der Waals surface area contributed by atoms with Gasteiger partial charge in [0.1, 0.15) is 17.4 Å². The Morgan fingerprint density at radius 2 is 1.92 bits per heavy atom. The lowest BCUT2D eigenvalue weighted by Gasteiger charge is -2.11. The summed E-state index contributed by atoms with van der Waals surface area (Å²) in [5, 5.41) is 10.8. The van der Waals surface area contributed by atoms with Gasteiger partial charge in [-0.3, -0.25) is 10.1 Å². The lowest BCUT2D eigenvalue weighted by Crippen LogP contribution is -2.35. The molecule has 0 aliphatic carbocycles. The normalized spacial score (nSPS) is 10.6. The number of imide groups is 1. The highest BCUT2D eigenvalue weighted by molar-refractivity contribution is 9.11. The molecule has 0 saturated heterocycles. The second-order valence-corrected chi connectivity index (χ2v) is 6.10. The number of nitriles is 1. The molecule has 0 fully saturated rings. The average Bonchev–Trinajstić information content (AvgIpc) is 2.51. The first-order valence-corrected chi connectivity index (χ1v) is 8.37. The predicted molar refractivity (Wildman–Crippen MR) is 95.3 cm³/mol. The predicted octanol–water partition coefficient (Wildman–Crippen LogP) is 2.26. The highest BCUT2D eigenvalue weighted by Gasteiger charge is 2.14. The number of nitrogens with two attached hydrogens (primary N) is 1. The number of nitrogens with zero attached hydrogens (tertiary/aromatic N) is 1. The molecule has 0 atom stereocenters. The van der Waals surface area contributed by atoms with Gasteiger partial charge in [0.25, 0.3) is 5.91 Å². The number of ether oxygens (including phenoxy) is 2. The van der Waals surface area contributed by atoms with Crippen LogP contribution in [0.15, 0.2) is 26.7 Å². The Morgan fingerprint density at radius 1 is 1.32 bits per heavy atom. The highest BCUT2D eigenvalue weighted by atomic mass is 79.9. The molecule has 8 nitrogen and oxygen atoms in total. The molecule has 1 aromatic carbocycles. The third-order valence-corrected chi connectivity index (χ3v) is 3.75. The molecule has 10 heteroatoms. The van der Waals surface area contributed by atoms with Crippen LogP contribution in [0.3, 0.4) is 0 Å². The minimum atomic E-state index is -1.06. The maximum absolute atomic E-state index is 11.7. The molecular formula is C15H13Br2N3O5. The van der Waals surface area contributed by atoms with Gasteiger partial charge >= 0.3 is 12.0 Å². The zero-order valence-electron chi connectivity index (χ0n) is 13.0. The fraction of sp³-hybridized carbons (Fsp3) is 0.200. The number of benzene rings is 1. The van der Waals surface area contributed by atoms with Crippen LogP contribution < -0.4 is 15.8 Å². The van der Waals surface area contributed by atoms with E-state index in [2.05, 4.69) is 31.9 Å². The molecule has 1 rings (SSSR count). The topological polar surface area (TPSA) is 132 Å². The van der Waals surface area contributed by atoms with Crippen LogP contribution in [-0.4, -0.2) is 31.1 Å². The highest BCUT2D eigenvalue weighted by Crippen LogP contribution is 2.35. The van der Waals surface area contributed by atoms with E-state index in [4.69, 9.17) is 20.5 Å². The maximum Gasteiger partial charge on any atom is 0.344 e. The van der Waals surface area contributed by atoms with Gasteiger partial charge in [-0.1, -0.05) is 0 Å². The Hall–Kier alpha value is -2.38. The van der Waals surface area contributed by atoms with Gasteiger partial charge in [0.2, 0.25) is 0 Å². The van der Waals surface area contributed by atoms with E-state index < -0.39 is 17.9 Å². The molecule has 3 N–H and O–H groups in total. The molecular weight excluding hydrogens is 462 g/mol. The van der Waals surface area contributed by atoms with Crippen LogP contribution in [0.1, 0.15) is 12.5 Å². The summed E-state index contributed by atoms with van der Waals surface area (Å²) in [6, 6.07) is 3.76. The largest absolute Gasteiger partial charge is 0.480 e. The van der Waals surface area contributed by atoms with Crippen molar-refractivity contribution in [1.29, 1.82) is 5.26 Å². The summed E-state index contributed by atoms with van der Waals surface area (Å²) >= 11 is 6.56. The van der Waals surface area contributed by atoms with Crippen molar-refractivity contribution in [3.05, 3.63) is 32.2 Å². The number of primary amides is 1. The second-order valence-electron chi connectivity index (χ2n) is 4.40. The Bertz CT molecular complexity index is 748. The molecule has 0 saturated carbocycles. The van der Waals surface area contributed by atoms with Crippen LogP contribution in [0, 0.1) is 11.3 Å². The zero-order chi connectivity index (χ0) is 19.0. The van der Waals surface area contributed by atoms with Crippen molar-refractivity contribution in [2.24, 2.45) is 5.73 Å². The van der Waals surface area contributed by atoms with E-state index in [1.54, 1.807) is 25.1 Å². The van der Waals surface area contributed by atoms with Gasteiger partial charge in [-0.05, 0) is 62.6 Å². The Kier molecular flexibility index (Phi) is 8.10. The summed E-state index contributed by atoms with van der Waals surface area (Å²) in [5.41, 5.74) is 5.01. The van der Waals surface area contributed by atoms with E-state index in [0.29, 0.717) is 20.3 Å². The summed E-state index contributed by atoms with van der Waals surface area (Å²) < 4.78 is 11.1. The van der Waals surface area contributed by atoms with Crippen molar-refractivity contribution in [2.75, 3.05) is 13.2 Å². The summed E-state index contributed by atoms with van der Waals surface area (Å²) in [6.07, 6.45) is 1.27. The van der Waals surface area contributed by atoms with Gasteiger partial charge in [0.15, 0.2) is 6.61 Å². The lowest BCUT2D eigenvalue weighted by molar-refractivity contribution is -0.145. The first-order valence-electron chi connectivity index (χ1n) is 6.78. The van der Waals surface area contributed by atoms with Crippen molar-refractivity contribution in [3.63, 3.8) is 0 Å². The minimum absolute atomic E-state index is 0.249. The number of rotatable bonds is 6. The quantitative estimate of drug-likeness (QED) is 0.369. The fourth-order valence-electron chi connectivity index (χ4n) is 1.63. The van der Waals surface area contributed by atoms with Gasteiger partial charge in [-0.15, -0.1) is 0 Å². The molecule has 25 heavy (non-hydrogen) atoms. The van der Waals surface area contributed by atoms with Crippen LogP contribution in [0.25, 0.3) is 6.08 Å².